The van der Waals surface area contributed by atoms with Crippen molar-refractivity contribution in [3.05, 3.63) is 89.0 Å². The monoisotopic (exact) mass is 512 g/mol. The molecule has 1 fully saturated rings. The molecule has 0 aliphatic heterocycles. The Labute approximate surface area is 210 Å². The zero-order valence-electron chi connectivity index (χ0n) is 20.7. The van der Waals surface area contributed by atoms with Crippen LogP contribution in [0.3, 0.4) is 0 Å². The summed E-state index contributed by atoms with van der Waals surface area (Å²) in [5, 5.41) is -0.0947. The first-order valence-corrected chi connectivity index (χ1v) is 13.8. The van der Waals surface area contributed by atoms with Gasteiger partial charge in [-0.1, -0.05) is 24.3 Å². The molecular formula is C29H31F2O4P. The van der Waals surface area contributed by atoms with Crippen LogP contribution in [0.25, 0.3) is 11.1 Å². The van der Waals surface area contributed by atoms with Gasteiger partial charge in [0.1, 0.15) is 23.1 Å². The van der Waals surface area contributed by atoms with Crippen molar-refractivity contribution in [1.82, 2.24) is 0 Å². The first-order valence-electron chi connectivity index (χ1n) is 12.1. The van der Waals surface area contributed by atoms with Crippen molar-refractivity contribution in [2.75, 3.05) is 0 Å². The molecule has 7 heteroatoms. The molecule has 2 N–H and O–H groups in total. The van der Waals surface area contributed by atoms with E-state index >= 15 is 8.78 Å². The summed E-state index contributed by atoms with van der Waals surface area (Å²) in [6, 6.07) is 12.1. The van der Waals surface area contributed by atoms with E-state index in [0.29, 0.717) is 33.9 Å². The Bertz CT molecular complexity index is 1310. The van der Waals surface area contributed by atoms with Gasteiger partial charge in [-0.3, -0.25) is 4.57 Å². The fourth-order valence-electron chi connectivity index (χ4n) is 5.09. The average Bonchev–Trinajstić information content (AvgIpc) is 2.81. The summed E-state index contributed by atoms with van der Waals surface area (Å²) < 4.78 is 47.5. The summed E-state index contributed by atoms with van der Waals surface area (Å²) in [5.41, 5.74) is 2.48. The van der Waals surface area contributed by atoms with E-state index in [4.69, 9.17) is 4.74 Å². The third kappa shape index (κ3) is 5.78. The van der Waals surface area contributed by atoms with Crippen molar-refractivity contribution in [3.63, 3.8) is 0 Å². The lowest BCUT2D eigenvalue weighted by Crippen LogP contribution is -2.13. The van der Waals surface area contributed by atoms with Gasteiger partial charge < -0.3 is 14.5 Å². The van der Waals surface area contributed by atoms with Crippen molar-refractivity contribution in [2.45, 2.75) is 52.4 Å². The molecule has 0 bridgehead atoms. The second-order valence-electron chi connectivity index (χ2n) is 9.57. The third-order valence-corrected chi connectivity index (χ3v) is 7.86. The van der Waals surface area contributed by atoms with E-state index in [0.717, 1.165) is 25.7 Å². The molecule has 0 radical (unpaired) electrons. The van der Waals surface area contributed by atoms with Gasteiger partial charge in [0.25, 0.3) is 0 Å². The maximum atomic E-state index is 15.1. The van der Waals surface area contributed by atoms with Gasteiger partial charge in [0.2, 0.25) is 0 Å². The topological polar surface area (TPSA) is 66.8 Å². The van der Waals surface area contributed by atoms with Crippen molar-refractivity contribution in [1.29, 1.82) is 0 Å². The van der Waals surface area contributed by atoms with Crippen molar-refractivity contribution in [3.8, 4) is 22.6 Å². The molecule has 0 heterocycles. The van der Waals surface area contributed by atoms with Crippen molar-refractivity contribution >= 4 is 12.9 Å². The number of hydrogen-bond acceptors (Lipinski definition) is 2. The van der Waals surface area contributed by atoms with Crippen molar-refractivity contribution in [2.24, 2.45) is 5.92 Å². The summed E-state index contributed by atoms with van der Waals surface area (Å²) in [5.74, 6) is 0.539. The number of benzene rings is 3. The standard InChI is InChI=1S/C29H31F2O4P/c1-4-5-20-6-8-21(9-7-20)25-12-10-22(16-27(25)30)26-13-11-23(17-28(26)31)35-29-18(2)14-24(15-19(29)3)36(32,33)34/h4-5,10-17,20-21H,6-9H2,1-3H3,(H2,32,33,34)/b5-4+. The van der Waals surface area contributed by atoms with Crippen LogP contribution in [0.1, 0.15) is 55.2 Å². The number of rotatable bonds is 6. The highest BCUT2D eigenvalue weighted by Gasteiger charge is 2.24. The van der Waals surface area contributed by atoms with E-state index in [1.54, 1.807) is 38.1 Å². The maximum absolute atomic E-state index is 15.1. The molecule has 190 valence electrons. The van der Waals surface area contributed by atoms with Crippen LogP contribution in [0.5, 0.6) is 11.5 Å². The van der Waals surface area contributed by atoms with E-state index in [1.807, 2.05) is 6.92 Å². The second-order valence-corrected chi connectivity index (χ2v) is 11.2. The predicted molar refractivity (Wildman–Crippen MR) is 139 cm³/mol. The highest BCUT2D eigenvalue weighted by molar-refractivity contribution is 7.60. The summed E-state index contributed by atoms with van der Waals surface area (Å²) in [6.45, 7) is 5.36. The molecule has 3 aromatic carbocycles. The zero-order valence-corrected chi connectivity index (χ0v) is 21.6. The van der Waals surface area contributed by atoms with Crippen LogP contribution in [-0.2, 0) is 4.57 Å². The van der Waals surface area contributed by atoms with Crippen LogP contribution in [0.15, 0.2) is 60.7 Å². The number of hydrogen-bond donors (Lipinski definition) is 2. The highest BCUT2D eigenvalue weighted by atomic mass is 31.2. The molecule has 0 saturated heterocycles. The van der Waals surface area contributed by atoms with Gasteiger partial charge in [-0.05, 0) is 111 Å². The molecule has 1 saturated carbocycles. The quantitative estimate of drug-likeness (QED) is 0.262. The Morgan fingerprint density at radius 2 is 1.58 bits per heavy atom. The second kappa shape index (κ2) is 10.7. The molecule has 4 rings (SSSR count). The smallest absolute Gasteiger partial charge is 0.356 e. The molecule has 0 aromatic heterocycles. The lowest BCUT2D eigenvalue weighted by atomic mass is 9.78. The van der Waals surface area contributed by atoms with E-state index in [1.165, 1.54) is 24.3 Å². The molecule has 0 unspecified atom stereocenters. The maximum Gasteiger partial charge on any atom is 0.356 e. The third-order valence-electron chi connectivity index (χ3n) is 6.93. The van der Waals surface area contributed by atoms with Gasteiger partial charge in [-0.2, -0.15) is 0 Å². The Morgan fingerprint density at radius 1 is 0.917 bits per heavy atom. The number of allylic oxidation sites excluding steroid dienone is 2. The van der Waals surface area contributed by atoms with Crippen molar-refractivity contribution < 1.29 is 27.9 Å². The van der Waals surface area contributed by atoms with Gasteiger partial charge in [-0.15, -0.1) is 0 Å². The number of aryl methyl sites for hydroxylation is 2. The highest BCUT2D eigenvalue weighted by Crippen LogP contribution is 2.40. The fourth-order valence-corrected chi connectivity index (χ4v) is 5.81. The molecular weight excluding hydrogens is 481 g/mol. The summed E-state index contributed by atoms with van der Waals surface area (Å²) >= 11 is 0. The first kappa shape index (κ1) is 26.3. The van der Waals surface area contributed by atoms with Gasteiger partial charge in [-0.25, -0.2) is 8.78 Å². The first-order chi connectivity index (χ1) is 17.1. The number of halogens is 2. The Kier molecular flexibility index (Phi) is 7.79. The molecule has 0 amide bonds. The summed E-state index contributed by atoms with van der Waals surface area (Å²) in [4.78, 5) is 18.9. The van der Waals surface area contributed by atoms with E-state index in [2.05, 4.69) is 12.2 Å². The van der Waals surface area contributed by atoms with Crippen LogP contribution >= 0.6 is 7.60 Å². The molecule has 0 atom stereocenters. The predicted octanol–water partition coefficient (Wildman–Crippen LogP) is 7.69. The van der Waals surface area contributed by atoms with E-state index in [9.17, 15) is 14.4 Å². The van der Waals surface area contributed by atoms with Crippen LogP contribution in [0.4, 0.5) is 8.78 Å². The SMILES string of the molecule is C/C=C/C1CCC(c2ccc(-c3ccc(Oc4c(C)cc(P(=O)(O)O)cc4C)cc3F)cc2F)CC1. The molecule has 0 spiro atoms. The minimum absolute atomic E-state index is 0.0947. The van der Waals surface area contributed by atoms with Gasteiger partial charge in [0.15, 0.2) is 0 Å². The van der Waals surface area contributed by atoms with Crippen LogP contribution in [0, 0.1) is 31.4 Å². The largest absolute Gasteiger partial charge is 0.457 e. The summed E-state index contributed by atoms with van der Waals surface area (Å²) in [6.07, 6.45) is 8.29. The molecule has 1 aliphatic rings. The Morgan fingerprint density at radius 3 is 2.14 bits per heavy atom. The minimum Gasteiger partial charge on any atom is -0.457 e. The molecule has 3 aromatic rings. The van der Waals surface area contributed by atoms with Gasteiger partial charge in [0.05, 0.1) is 5.30 Å². The van der Waals surface area contributed by atoms with E-state index < -0.39 is 13.4 Å². The Balaban J connectivity index is 1.53. The van der Waals surface area contributed by atoms with Crippen LogP contribution < -0.4 is 10.0 Å². The van der Waals surface area contributed by atoms with Gasteiger partial charge in [0, 0.05) is 11.6 Å². The van der Waals surface area contributed by atoms with Crippen LogP contribution in [-0.4, -0.2) is 9.79 Å². The minimum atomic E-state index is -4.39. The molecule has 4 nitrogen and oxygen atoms in total. The lowest BCUT2D eigenvalue weighted by molar-refractivity contribution is 0.368. The number of ether oxygens (including phenoxy) is 1. The zero-order chi connectivity index (χ0) is 26.0. The van der Waals surface area contributed by atoms with E-state index in [-0.39, 0.29) is 28.4 Å². The summed E-state index contributed by atoms with van der Waals surface area (Å²) in [7, 11) is -4.39. The van der Waals surface area contributed by atoms with Crippen LogP contribution in [0.2, 0.25) is 0 Å². The molecule has 1 aliphatic carbocycles. The average molecular weight is 513 g/mol. The van der Waals surface area contributed by atoms with Gasteiger partial charge >= 0.3 is 7.60 Å². The fraction of sp³-hybridized carbons (Fsp3) is 0.310. The lowest BCUT2D eigenvalue weighted by Gasteiger charge is -2.27. The Hall–Kier alpha value is -2.79. The normalized spacial score (nSPS) is 18.5. The molecule has 36 heavy (non-hydrogen) atoms.